The molecular formula is C17H18F2N2O. The maximum atomic E-state index is 13.8. The highest BCUT2D eigenvalue weighted by molar-refractivity contribution is 5.76. The lowest BCUT2D eigenvalue weighted by Crippen LogP contribution is -2.29. The SMILES string of the molecule is CC[C@@H](NC(=O)CCc1ccncc1)c1ccc(F)cc1F. The van der Waals surface area contributed by atoms with Gasteiger partial charge in [0.2, 0.25) is 5.91 Å². The molecule has 22 heavy (non-hydrogen) atoms. The van der Waals surface area contributed by atoms with Crippen molar-refractivity contribution in [1.29, 1.82) is 0 Å². The van der Waals surface area contributed by atoms with Crippen LogP contribution in [0.15, 0.2) is 42.7 Å². The van der Waals surface area contributed by atoms with Crippen LogP contribution in [0.1, 0.15) is 36.9 Å². The smallest absolute Gasteiger partial charge is 0.220 e. The van der Waals surface area contributed by atoms with E-state index in [1.54, 1.807) is 12.4 Å². The molecule has 1 aromatic carbocycles. The number of nitrogens with zero attached hydrogens (tertiary/aromatic N) is 1. The molecule has 1 N–H and O–H groups in total. The monoisotopic (exact) mass is 304 g/mol. The molecule has 0 radical (unpaired) electrons. The number of carbonyl (C=O) groups excluding carboxylic acids is 1. The summed E-state index contributed by atoms with van der Waals surface area (Å²) >= 11 is 0. The molecule has 1 amide bonds. The first-order valence-corrected chi connectivity index (χ1v) is 7.23. The van der Waals surface area contributed by atoms with E-state index in [0.29, 0.717) is 24.8 Å². The van der Waals surface area contributed by atoms with Crippen LogP contribution in [0.4, 0.5) is 8.78 Å². The fraction of sp³-hybridized carbons (Fsp3) is 0.294. The van der Waals surface area contributed by atoms with Crippen LogP contribution in [0.2, 0.25) is 0 Å². The van der Waals surface area contributed by atoms with Gasteiger partial charge in [-0.25, -0.2) is 8.78 Å². The third kappa shape index (κ3) is 4.35. The van der Waals surface area contributed by atoms with Crippen LogP contribution in [-0.4, -0.2) is 10.9 Å². The Labute approximate surface area is 128 Å². The predicted octanol–water partition coefficient (Wildman–Crippen LogP) is 3.56. The van der Waals surface area contributed by atoms with Gasteiger partial charge in [-0.3, -0.25) is 9.78 Å². The van der Waals surface area contributed by atoms with E-state index in [9.17, 15) is 13.6 Å². The van der Waals surface area contributed by atoms with Gasteiger partial charge in [0.25, 0.3) is 0 Å². The van der Waals surface area contributed by atoms with Crippen molar-refractivity contribution in [2.24, 2.45) is 0 Å². The number of rotatable bonds is 6. The Morgan fingerprint density at radius 3 is 2.59 bits per heavy atom. The summed E-state index contributed by atoms with van der Waals surface area (Å²) in [5, 5.41) is 2.80. The number of pyridine rings is 1. The van der Waals surface area contributed by atoms with Crippen LogP contribution in [0.5, 0.6) is 0 Å². The molecule has 2 aromatic rings. The van der Waals surface area contributed by atoms with Crippen LogP contribution in [-0.2, 0) is 11.2 Å². The molecule has 0 fully saturated rings. The van der Waals surface area contributed by atoms with E-state index in [1.807, 2.05) is 19.1 Å². The Morgan fingerprint density at radius 2 is 1.95 bits per heavy atom. The van der Waals surface area contributed by atoms with Crippen molar-refractivity contribution in [3.05, 3.63) is 65.5 Å². The van der Waals surface area contributed by atoms with Crippen molar-refractivity contribution in [2.45, 2.75) is 32.2 Å². The number of amides is 1. The minimum absolute atomic E-state index is 0.160. The van der Waals surface area contributed by atoms with Crippen molar-refractivity contribution in [3.8, 4) is 0 Å². The van der Waals surface area contributed by atoms with Gasteiger partial charge in [0, 0.05) is 30.4 Å². The Morgan fingerprint density at radius 1 is 1.23 bits per heavy atom. The fourth-order valence-corrected chi connectivity index (χ4v) is 2.26. The van der Waals surface area contributed by atoms with Gasteiger partial charge in [-0.2, -0.15) is 0 Å². The van der Waals surface area contributed by atoms with Crippen LogP contribution < -0.4 is 5.32 Å². The molecule has 3 nitrogen and oxygen atoms in total. The van der Waals surface area contributed by atoms with Crippen LogP contribution in [0, 0.1) is 11.6 Å². The molecular weight excluding hydrogens is 286 g/mol. The van der Waals surface area contributed by atoms with Gasteiger partial charge < -0.3 is 5.32 Å². The standard InChI is InChI=1S/C17H18F2N2O/c1-2-16(14-5-4-13(18)11-15(14)19)21-17(22)6-3-12-7-9-20-10-8-12/h4-5,7-11,16H,2-3,6H2,1H3,(H,21,22)/t16-/m1/s1. The molecule has 1 aromatic heterocycles. The van der Waals surface area contributed by atoms with E-state index in [2.05, 4.69) is 10.3 Å². The molecule has 5 heteroatoms. The van der Waals surface area contributed by atoms with Gasteiger partial charge in [-0.1, -0.05) is 13.0 Å². The molecule has 0 spiro atoms. The summed E-state index contributed by atoms with van der Waals surface area (Å²) in [7, 11) is 0. The highest BCUT2D eigenvalue weighted by atomic mass is 19.1. The second-order valence-corrected chi connectivity index (χ2v) is 5.05. The first kappa shape index (κ1) is 16.1. The second kappa shape index (κ2) is 7.64. The molecule has 2 rings (SSSR count). The molecule has 0 aliphatic rings. The highest BCUT2D eigenvalue weighted by Gasteiger charge is 2.16. The topological polar surface area (TPSA) is 42.0 Å². The Hall–Kier alpha value is -2.30. The van der Waals surface area contributed by atoms with E-state index in [1.165, 1.54) is 12.1 Å². The molecule has 0 saturated heterocycles. The van der Waals surface area contributed by atoms with Crippen LogP contribution >= 0.6 is 0 Å². The molecule has 0 bridgehead atoms. The van der Waals surface area contributed by atoms with E-state index < -0.39 is 17.7 Å². The average molecular weight is 304 g/mol. The van der Waals surface area contributed by atoms with Crippen LogP contribution in [0.25, 0.3) is 0 Å². The van der Waals surface area contributed by atoms with Crippen molar-refractivity contribution in [1.82, 2.24) is 10.3 Å². The Kier molecular flexibility index (Phi) is 5.58. The molecule has 1 heterocycles. The minimum Gasteiger partial charge on any atom is -0.349 e. The van der Waals surface area contributed by atoms with Gasteiger partial charge in [0.05, 0.1) is 6.04 Å². The number of benzene rings is 1. The number of nitrogens with one attached hydrogen (secondary N) is 1. The van der Waals surface area contributed by atoms with E-state index in [-0.39, 0.29) is 5.91 Å². The maximum Gasteiger partial charge on any atom is 0.220 e. The zero-order chi connectivity index (χ0) is 15.9. The van der Waals surface area contributed by atoms with Crippen molar-refractivity contribution in [2.75, 3.05) is 0 Å². The molecule has 0 aliphatic heterocycles. The lowest BCUT2D eigenvalue weighted by Gasteiger charge is -2.18. The second-order valence-electron chi connectivity index (χ2n) is 5.05. The number of hydrogen-bond acceptors (Lipinski definition) is 2. The molecule has 116 valence electrons. The van der Waals surface area contributed by atoms with Crippen molar-refractivity contribution < 1.29 is 13.6 Å². The summed E-state index contributed by atoms with van der Waals surface area (Å²) in [5.41, 5.74) is 1.33. The summed E-state index contributed by atoms with van der Waals surface area (Å²) in [6.07, 6.45) is 4.79. The third-order valence-corrected chi connectivity index (χ3v) is 3.47. The summed E-state index contributed by atoms with van der Waals surface area (Å²) in [6.45, 7) is 1.84. The van der Waals surface area contributed by atoms with E-state index >= 15 is 0 Å². The zero-order valence-electron chi connectivity index (χ0n) is 12.4. The summed E-state index contributed by atoms with van der Waals surface area (Å²) in [5.74, 6) is -1.42. The summed E-state index contributed by atoms with van der Waals surface area (Å²) < 4.78 is 26.7. The van der Waals surface area contributed by atoms with Gasteiger partial charge in [0.15, 0.2) is 0 Å². The fourth-order valence-electron chi connectivity index (χ4n) is 2.26. The maximum absolute atomic E-state index is 13.8. The average Bonchev–Trinajstić information content (AvgIpc) is 2.52. The number of aromatic nitrogens is 1. The predicted molar refractivity (Wildman–Crippen MR) is 80.1 cm³/mol. The first-order valence-electron chi connectivity index (χ1n) is 7.23. The number of aryl methyl sites for hydroxylation is 1. The Bertz CT molecular complexity index is 632. The highest BCUT2D eigenvalue weighted by Crippen LogP contribution is 2.21. The first-order chi connectivity index (χ1) is 10.6. The van der Waals surface area contributed by atoms with E-state index in [4.69, 9.17) is 0 Å². The summed E-state index contributed by atoms with van der Waals surface area (Å²) in [4.78, 5) is 15.9. The largest absolute Gasteiger partial charge is 0.349 e. The lowest BCUT2D eigenvalue weighted by molar-refractivity contribution is -0.121. The van der Waals surface area contributed by atoms with E-state index in [0.717, 1.165) is 11.6 Å². The summed E-state index contributed by atoms with van der Waals surface area (Å²) in [6, 6.07) is 6.66. The lowest BCUT2D eigenvalue weighted by atomic mass is 10.0. The van der Waals surface area contributed by atoms with Gasteiger partial charge in [-0.05, 0) is 36.6 Å². The number of carbonyl (C=O) groups is 1. The quantitative estimate of drug-likeness (QED) is 0.886. The normalized spacial score (nSPS) is 12.0. The number of halogens is 2. The molecule has 1 atom stereocenters. The molecule has 0 unspecified atom stereocenters. The minimum atomic E-state index is -0.638. The van der Waals surface area contributed by atoms with Crippen LogP contribution in [0.3, 0.4) is 0 Å². The van der Waals surface area contributed by atoms with Gasteiger partial charge in [0.1, 0.15) is 11.6 Å². The number of hydrogen-bond donors (Lipinski definition) is 1. The van der Waals surface area contributed by atoms with Crippen molar-refractivity contribution in [3.63, 3.8) is 0 Å². The third-order valence-electron chi connectivity index (χ3n) is 3.47. The molecule has 0 saturated carbocycles. The van der Waals surface area contributed by atoms with Crippen molar-refractivity contribution >= 4 is 5.91 Å². The Balaban J connectivity index is 1.96. The molecule has 0 aliphatic carbocycles. The zero-order valence-corrected chi connectivity index (χ0v) is 12.4. The van der Waals surface area contributed by atoms with Gasteiger partial charge >= 0.3 is 0 Å². The van der Waals surface area contributed by atoms with Gasteiger partial charge in [-0.15, -0.1) is 0 Å².